The van der Waals surface area contributed by atoms with Crippen LogP contribution in [0.1, 0.15) is 22.7 Å². The number of nitrogens with zero attached hydrogens (tertiary/aromatic N) is 5. The van der Waals surface area contributed by atoms with Crippen molar-refractivity contribution < 1.29 is 4.79 Å². The number of aromatic nitrogens is 5. The van der Waals surface area contributed by atoms with Crippen molar-refractivity contribution in [1.82, 2.24) is 29.5 Å². The molecule has 3 aromatic heterocycles. The average Bonchev–Trinajstić information content (AvgIpc) is 3.48. The van der Waals surface area contributed by atoms with Gasteiger partial charge in [-0.1, -0.05) is 60.7 Å². The zero-order valence-electron chi connectivity index (χ0n) is 18.3. The molecular formula is C26H24N6O. The number of aryl methyl sites for hydroxylation is 2. The van der Waals surface area contributed by atoms with Gasteiger partial charge in [0.1, 0.15) is 5.82 Å². The lowest BCUT2D eigenvalue weighted by molar-refractivity contribution is 0.0947. The van der Waals surface area contributed by atoms with Gasteiger partial charge in [-0.3, -0.25) is 4.79 Å². The molecule has 0 radical (unpaired) electrons. The first-order valence-electron chi connectivity index (χ1n) is 11.0. The Bertz CT molecular complexity index is 1390. The first-order chi connectivity index (χ1) is 16.2. The van der Waals surface area contributed by atoms with Crippen LogP contribution in [0.3, 0.4) is 0 Å². The summed E-state index contributed by atoms with van der Waals surface area (Å²) in [5, 5.41) is 7.56. The van der Waals surface area contributed by atoms with E-state index in [0.717, 1.165) is 41.3 Å². The highest BCUT2D eigenvalue weighted by atomic mass is 16.1. The van der Waals surface area contributed by atoms with E-state index in [1.54, 1.807) is 16.8 Å². The third-order valence-corrected chi connectivity index (χ3v) is 5.58. The molecule has 0 aliphatic rings. The summed E-state index contributed by atoms with van der Waals surface area (Å²) in [6, 6.07) is 23.8. The van der Waals surface area contributed by atoms with Gasteiger partial charge in [0, 0.05) is 42.7 Å². The molecule has 0 saturated heterocycles. The quantitative estimate of drug-likeness (QED) is 0.384. The predicted molar refractivity (Wildman–Crippen MR) is 128 cm³/mol. The predicted octanol–water partition coefficient (Wildman–Crippen LogP) is 4.39. The molecule has 2 aromatic carbocycles. The van der Waals surface area contributed by atoms with Crippen molar-refractivity contribution in [2.45, 2.75) is 19.9 Å². The molecule has 7 heteroatoms. The van der Waals surface area contributed by atoms with Crippen LogP contribution in [-0.4, -0.2) is 36.6 Å². The van der Waals surface area contributed by atoms with E-state index in [9.17, 15) is 4.79 Å². The molecule has 3 heterocycles. The number of fused-ring (bicyclic) bond motifs is 1. The van der Waals surface area contributed by atoms with Crippen LogP contribution in [0, 0.1) is 6.92 Å². The number of hydrogen-bond acceptors (Lipinski definition) is 4. The Hall–Kier alpha value is -4.26. The summed E-state index contributed by atoms with van der Waals surface area (Å²) < 4.78 is 3.81. The molecule has 0 atom stereocenters. The zero-order valence-corrected chi connectivity index (χ0v) is 18.3. The second-order valence-corrected chi connectivity index (χ2v) is 7.84. The molecule has 5 rings (SSSR count). The highest BCUT2D eigenvalue weighted by Gasteiger charge is 2.16. The number of carbonyl (C=O) groups excluding carboxylic acids is 1. The maximum atomic E-state index is 12.8. The molecule has 5 aromatic rings. The van der Waals surface area contributed by atoms with Crippen LogP contribution in [0.25, 0.3) is 28.2 Å². The number of benzene rings is 2. The van der Waals surface area contributed by atoms with Gasteiger partial charge in [-0.15, -0.1) is 0 Å². The molecule has 0 aliphatic heterocycles. The van der Waals surface area contributed by atoms with Crippen LogP contribution in [0.5, 0.6) is 0 Å². The highest BCUT2D eigenvalue weighted by molar-refractivity contribution is 5.93. The summed E-state index contributed by atoms with van der Waals surface area (Å²) in [6.07, 6.45) is 4.54. The normalized spacial score (nSPS) is 11.1. The van der Waals surface area contributed by atoms with Gasteiger partial charge in [0.15, 0.2) is 11.3 Å². The minimum atomic E-state index is -0.205. The van der Waals surface area contributed by atoms with Crippen LogP contribution in [0.15, 0.2) is 85.2 Å². The first kappa shape index (κ1) is 20.6. The van der Waals surface area contributed by atoms with Crippen molar-refractivity contribution in [3.63, 3.8) is 0 Å². The topological polar surface area (TPSA) is 77.1 Å². The summed E-state index contributed by atoms with van der Waals surface area (Å²) in [4.78, 5) is 21.8. The summed E-state index contributed by atoms with van der Waals surface area (Å²) in [5.74, 6) is 0.763. The molecule has 0 unspecified atom stereocenters. The lowest BCUT2D eigenvalue weighted by atomic mass is 10.1. The minimum absolute atomic E-state index is 0.205. The third kappa shape index (κ3) is 4.39. The number of nitrogens with one attached hydrogen (secondary N) is 1. The summed E-state index contributed by atoms with van der Waals surface area (Å²) in [6.45, 7) is 3.33. The van der Waals surface area contributed by atoms with E-state index >= 15 is 0 Å². The Morgan fingerprint density at radius 1 is 0.970 bits per heavy atom. The molecule has 0 bridgehead atoms. The number of carbonyl (C=O) groups is 1. The largest absolute Gasteiger partial charge is 0.351 e. The number of amides is 1. The minimum Gasteiger partial charge on any atom is -0.351 e. The van der Waals surface area contributed by atoms with E-state index < -0.39 is 0 Å². The molecule has 0 fully saturated rings. The fraction of sp³-hybridized carbons (Fsp3) is 0.154. The number of imidazole rings is 1. The van der Waals surface area contributed by atoms with Gasteiger partial charge in [-0.05, 0) is 19.4 Å². The molecule has 1 N–H and O–H groups in total. The number of rotatable bonds is 7. The first-order valence-corrected chi connectivity index (χ1v) is 11.0. The average molecular weight is 437 g/mol. The fourth-order valence-corrected chi connectivity index (χ4v) is 3.84. The van der Waals surface area contributed by atoms with Gasteiger partial charge in [0.25, 0.3) is 5.91 Å². The van der Waals surface area contributed by atoms with E-state index in [2.05, 4.69) is 20.0 Å². The smallest absolute Gasteiger partial charge is 0.271 e. The van der Waals surface area contributed by atoms with Crippen molar-refractivity contribution >= 4 is 11.6 Å². The van der Waals surface area contributed by atoms with E-state index in [4.69, 9.17) is 4.98 Å². The lowest BCUT2D eigenvalue weighted by Crippen LogP contribution is -2.25. The monoisotopic (exact) mass is 436 g/mol. The van der Waals surface area contributed by atoms with Gasteiger partial charge in [-0.25, -0.2) is 14.5 Å². The Balaban J connectivity index is 1.42. The standard InChI is InChI=1S/C26H24N6O/c1-19-27-14-16-31(19)15-8-13-28-26(33)23-18-25-29-22(20-9-4-2-5-10-20)17-24(32(25)30-23)21-11-6-3-7-12-21/h2-7,9-12,14,16-18H,8,13,15H2,1H3,(H,28,33). The second-order valence-electron chi connectivity index (χ2n) is 7.84. The molecule has 0 aliphatic carbocycles. The zero-order chi connectivity index (χ0) is 22.6. The van der Waals surface area contributed by atoms with Crippen LogP contribution in [-0.2, 0) is 6.54 Å². The SMILES string of the molecule is Cc1nccn1CCCNC(=O)c1cc2nc(-c3ccccc3)cc(-c3ccccc3)n2n1. The van der Waals surface area contributed by atoms with Gasteiger partial charge in [0.05, 0.1) is 11.4 Å². The Morgan fingerprint density at radius 3 is 2.39 bits per heavy atom. The summed E-state index contributed by atoms with van der Waals surface area (Å²) in [5.41, 5.74) is 4.73. The van der Waals surface area contributed by atoms with Crippen molar-refractivity contribution in [2.75, 3.05) is 6.54 Å². The van der Waals surface area contributed by atoms with Crippen LogP contribution < -0.4 is 5.32 Å². The third-order valence-electron chi connectivity index (χ3n) is 5.58. The van der Waals surface area contributed by atoms with Gasteiger partial charge < -0.3 is 9.88 Å². The molecule has 164 valence electrons. The van der Waals surface area contributed by atoms with Crippen LogP contribution in [0.2, 0.25) is 0 Å². The lowest BCUT2D eigenvalue weighted by Gasteiger charge is -2.08. The molecule has 7 nitrogen and oxygen atoms in total. The molecule has 0 spiro atoms. The number of hydrogen-bond donors (Lipinski definition) is 1. The fourth-order valence-electron chi connectivity index (χ4n) is 3.84. The van der Waals surface area contributed by atoms with Crippen molar-refractivity contribution in [1.29, 1.82) is 0 Å². The molecular weight excluding hydrogens is 412 g/mol. The molecule has 33 heavy (non-hydrogen) atoms. The molecule has 0 saturated carbocycles. The van der Waals surface area contributed by atoms with Gasteiger partial charge in [-0.2, -0.15) is 5.10 Å². The maximum absolute atomic E-state index is 12.8. The van der Waals surface area contributed by atoms with Crippen LogP contribution >= 0.6 is 0 Å². The summed E-state index contributed by atoms with van der Waals surface area (Å²) >= 11 is 0. The Morgan fingerprint density at radius 2 is 1.70 bits per heavy atom. The van der Waals surface area contributed by atoms with Gasteiger partial charge in [0.2, 0.25) is 0 Å². The van der Waals surface area contributed by atoms with E-state index in [-0.39, 0.29) is 5.91 Å². The molecule has 1 amide bonds. The second kappa shape index (κ2) is 9.08. The van der Waals surface area contributed by atoms with Crippen molar-refractivity contribution in [2.24, 2.45) is 0 Å². The summed E-state index contributed by atoms with van der Waals surface area (Å²) in [7, 11) is 0. The Kier molecular flexibility index (Phi) is 5.68. The maximum Gasteiger partial charge on any atom is 0.271 e. The van der Waals surface area contributed by atoms with Gasteiger partial charge >= 0.3 is 0 Å². The van der Waals surface area contributed by atoms with Crippen molar-refractivity contribution in [3.05, 3.63) is 96.7 Å². The van der Waals surface area contributed by atoms with E-state index in [0.29, 0.717) is 17.9 Å². The van der Waals surface area contributed by atoms with Crippen LogP contribution in [0.4, 0.5) is 0 Å². The van der Waals surface area contributed by atoms with E-state index in [1.165, 1.54) is 0 Å². The van der Waals surface area contributed by atoms with E-state index in [1.807, 2.05) is 79.9 Å². The Labute approximate surface area is 191 Å². The highest BCUT2D eigenvalue weighted by Crippen LogP contribution is 2.26. The van der Waals surface area contributed by atoms with Crippen molar-refractivity contribution in [3.8, 4) is 22.5 Å².